The number of hydrogen-bond donors (Lipinski definition) is 2. The smallest absolute Gasteiger partial charge is 0.414 e. The third-order valence-corrected chi connectivity index (χ3v) is 5.80. The van der Waals surface area contributed by atoms with Crippen LogP contribution in [-0.2, 0) is 27.5 Å². The molecule has 1 heterocycles. The number of piperidine rings is 1. The first kappa shape index (κ1) is 24.6. The molecule has 1 unspecified atom stereocenters. The summed E-state index contributed by atoms with van der Waals surface area (Å²) in [7, 11) is 1.92. The van der Waals surface area contributed by atoms with Crippen molar-refractivity contribution in [2.45, 2.75) is 25.9 Å². The summed E-state index contributed by atoms with van der Waals surface area (Å²) in [5.74, 6) is -3.28. The highest BCUT2D eigenvalue weighted by atomic mass is 79.9. The Balaban J connectivity index is 0.000000501. The minimum atomic E-state index is -1.82. The van der Waals surface area contributed by atoms with Crippen LogP contribution in [0.25, 0.3) is 0 Å². The van der Waals surface area contributed by atoms with Gasteiger partial charge in [0.25, 0.3) is 0 Å². The van der Waals surface area contributed by atoms with E-state index in [0.717, 1.165) is 36.9 Å². The van der Waals surface area contributed by atoms with Gasteiger partial charge in [0.2, 0.25) is 5.91 Å². The van der Waals surface area contributed by atoms with E-state index < -0.39 is 11.9 Å². The molecule has 1 aliphatic heterocycles. The molecule has 8 heteroatoms. The number of nitrogens with zero attached hydrogens (tertiary/aromatic N) is 2. The maximum atomic E-state index is 12.9. The van der Waals surface area contributed by atoms with E-state index in [0.29, 0.717) is 6.54 Å². The van der Waals surface area contributed by atoms with Crippen LogP contribution in [-0.4, -0.2) is 58.0 Å². The van der Waals surface area contributed by atoms with Gasteiger partial charge in [0.05, 0.1) is 5.92 Å². The van der Waals surface area contributed by atoms with Crippen LogP contribution in [0.1, 0.15) is 24.0 Å². The fourth-order valence-electron chi connectivity index (χ4n) is 3.52. The average Bonchev–Trinajstić information content (AvgIpc) is 2.76. The van der Waals surface area contributed by atoms with E-state index in [1.807, 2.05) is 36.2 Å². The summed E-state index contributed by atoms with van der Waals surface area (Å²) in [6.07, 6.45) is 2.07. The van der Waals surface area contributed by atoms with Crippen LogP contribution in [0.5, 0.6) is 0 Å². The third kappa shape index (κ3) is 8.15. The summed E-state index contributed by atoms with van der Waals surface area (Å²) >= 11 is 3.63. The van der Waals surface area contributed by atoms with Crippen molar-refractivity contribution >= 4 is 33.8 Å². The SMILES string of the molecule is CN(Cc1ccccc1)C(=O)C1CCCN(Cc2ccccc2Br)C1.O=C(O)C(=O)O. The summed E-state index contributed by atoms with van der Waals surface area (Å²) in [6, 6.07) is 18.5. The van der Waals surface area contributed by atoms with Crippen molar-refractivity contribution < 1.29 is 24.6 Å². The number of carboxylic acid groups (broad SMARTS) is 2. The van der Waals surface area contributed by atoms with E-state index in [1.165, 1.54) is 11.1 Å². The number of aliphatic carboxylic acids is 2. The maximum absolute atomic E-state index is 12.9. The standard InChI is InChI=1S/C21H25BrN2O.C2H2O4/c1-23(14-17-8-3-2-4-9-17)21(25)19-11-7-13-24(16-19)15-18-10-5-6-12-20(18)22;3-1(4)2(5)6/h2-6,8-10,12,19H,7,11,13-16H2,1H3;(H,3,4)(H,5,6). The first-order chi connectivity index (χ1) is 14.8. The fourth-order valence-corrected chi connectivity index (χ4v) is 3.93. The van der Waals surface area contributed by atoms with Crippen LogP contribution in [0.15, 0.2) is 59.1 Å². The normalized spacial score (nSPS) is 16.0. The molecule has 3 rings (SSSR count). The molecule has 1 amide bonds. The molecule has 0 aliphatic carbocycles. The molecule has 1 fully saturated rings. The fraction of sp³-hybridized carbons (Fsp3) is 0.348. The Kier molecular flexibility index (Phi) is 9.68. The Bertz CT molecular complexity index is 879. The van der Waals surface area contributed by atoms with E-state index in [9.17, 15) is 4.79 Å². The van der Waals surface area contributed by atoms with E-state index in [-0.39, 0.29) is 11.8 Å². The zero-order valence-corrected chi connectivity index (χ0v) is 19.0. The Morgan fingerprint density at radius 1 is 1.03 bits per heavy atom. The number of carbonyl (C=O) groups is 3. The number of carbonyl (C=O) groups excluding carboxylic acids is 1. The summed E-state index contributed by atoms with van der Waals surface area (Å²) < 4.78 is 1.14. The molecule has 1 aliphatic rings. The summed E-state index contributed by atoms with van der Waals surface area (Å²) in [4.78, 5) is 35.3. The molecule has 2 N–H and O–H groups in total. The zero-order chi connectivity index (χ0) is 22.8. The van der Waals surface area contributed by atoms with Crippen molar-refractivity contribution in [3.05, 3.63) is 70.2 Å². The third-order valence-electron chi connectivity index (χ3n) is 5.03. The van der Waals surface area contributed by atoms with Gasteiger partial charge >= 0.3 is 11.9 Å². The second-order valence-electron chi connectivity index (χ2n) is 7.46. The number of likely N-dealkylation sites (tertiary alicyclic amines) is 1. The van der Waals surface area contributed by atoms with Crippen LogP contribution >= 0.6 is 15.9 Å². The number of rotatable bonds is 5. The van der Waals surface area contributed by atoms with Gasteiger partial charge in [-0.1, -0.05) is 64.5 Å². The minimum Gasteiger partial charge on any atom is -0.473 e. The number of amides is 1. The largest absolute Gasteiger partial charge is 0.473 e. The lowest BCUT2D eigenvalue weighted by atomic mass is 9.96. The van der Waals surface area contributed by atoms with Crippen molar-refractivity contribution in [2.75, 3.05) is 20.1 Å². The van der Waals surface area contributed by atoms with Gasteiger partial charge in [-0.2, -0.15) is 0 Å². The molecule has 0 radical (unpaired) electrons. The number of carboxylic acids is 2. The molecule has 2 aromatic rings. The predicted octanol–water partition coefficient (Wildman–Crippen LogP) is 3.48. The predicted molar refractivity (Wildman–Crippen MR) is 120 cm³/mol. The van der Waals surface area contributed by atoms with E-state index >= 15 is 0 Å². The van der Waals surface area contributed by atoms with Crippen molar-refractivity contribution in [3.8, 4) is 0 Å². The summed E-state index contributed by atoms with van der Waals surface area (Å²) in [5.41, 5.74) is 2.47. The van der Waals surface area contributed by atoms with Gasteiger partial charge < -0.3 is 15.1 Å². The first-order valence-corrected chi connectivity index (χ1v) is 10.8. The Hall–Kier alpha value is -2.71. The van der Waals surface area contributed by atoms with Gasteiger partial charge in [0, 0.05) is 31.2 Å². The number of benzene rings is 2. The van der Waals surface area contributed by atoms with Crippen molar-refractivity contribution in [2.24, 2.45) is 5.92 Å². The molecular weight excluding hydrogens is 464 g/mol. The highest BCUT2D eigenvalue weighted by Gasteiger charge is 2.28. The van der Waals surface area contributed by atoms with Crippen LogP contribution in [0.4, 0.5) is 0 Å². The highest BCUT2D eigenvalue weighted by molar-refractivity contribution is 9.10. The molecule has 7 nitrogen and oxygen atoms in total. The second kappa shape index (κ2) is 12.2. The lowest BCUT2D eigenvalue weighted by Gasteiger charge is -2.34. The van der Waals surface area contributed by atoms with Gasteiger partial charge in [-0.05, 0) is 36.6 Å². The summed E-state index contributed by atoms with van der Waals surface area (Å²) in [5, 5.41) is 14.8. The molecule has 0 bridgehead atoms. The molecule has 0 saturated carbocycles. The van der Waals surface area contributed by atoms with E-state index in [4.69, 9.17) is 19.8 Å². The zero-order valence-electron chi connectivity index (χ0n) is 17.4. The van der Waals surface area contributed by atoms with Crippen molar-refractivity contribution in [3.63, 3.8) is 0 Å². The molecule has 166 valence electrons. The van der Waals surface area contributed by atoms with Gasteiger partial charge in [-0.25, -0.2) is 9.59 Å². The Morgan fingerprint density at radius 2 is 1.65 bits per heavy atom. The number of halogens is 1. The first-order valence-electron chi connectivity index (χ1n) is 9.98. The quantitative estimate of drug-likeness (QED) is 0.622. The van der Waals surface area contributed by atoms with Crippen LogP contribution in [0.2, 0.25) is 0 Å². The Morgan fingerprint density at radius 3 is 2.26 bits per heavy atom. The molecule has 1 saturated heterocycles. The van der Waals surface area contributed by atoms with Gasteiger partial charge in [-0.15, -0.1) is 0 Å². The highest BCUT2D eigenvalue weighted by Crippen LogP contribution is 2.23. The average molecular weight is 491 g/mol. The molecule has 1 atom stereocenters. The Labute approximate surface area is 190 Å². The lowest BCUT2D eigenvalue weighted by molar-refractivity contribution is -0.159. The van der Waals surface area contributed by atoms with Crippen molar-refractivity contribution in [1.82, 2.24) is 9.80 Å². The minimum absolute atomic E-state index is 0.102. The molecule has 0 aromatic heterocycles. The summed E-state index contributed by atoms with van der Waals surface area (Å²) in [6.45, 7) is 3.49. The second-order valence-corrected chi connectivity index (χ2v) is 8.31. The molecular formula is C23H27BrN2O5. The molecule has 31 heavy (non-hydrogen) atoms. The van der Waals surface area contributed by atoms with Gasteiger partial charge in [0.15, 0.2) is 0 Å². The van der Waals surface area contributed by atoms with Crippen LogP contribution in [0, 0.1) is 5.92 Å². The van der Waals surface area contributed by atoms with Crippen LogP contribution < -0.4 is 0 Å². The van der Waals surface area contributed by atoms with Gasteiger partial charge in [0.1, 0.15) is 0 Å². The lowest BCUT2D eigenvalue weighted by Crippen LogP contribution is -2.43. The topological polar surface area (TPSA) is 98.2 Å². The van der Waals surface area contributed by atoms with E-state index in [2.05, 4.69) is 51.2 Å². The molecule has 2 aromatic carbocycles. The van der Waals surface area contributed by atoms with E-state index in [1.54, 1.807) is 0 Å². The van der Waals surface area contributed by atoms with Crippen LogP contribution in [0.3, 0.4) is 0 Å². The monoisotopic (exact) mass is 490 g/mol. The van der Waals surface area contributed by atoms with Crippen molar-refractivity contribution in [1.29, 1.82) is 0 Å². The maximum Gasteiger partial charge on any atom is 0.414 e. The molecule has 0 spiro atoms. The number of hydrogen-bond acceptors (Lipinski definition) is 4. The van der Waals surface area contributed by atoms with Gasteiger partial charge in [-0.3, -0.25) is 9.69 Å².